The molecule has 1 amide bonds. The second-order valence-electron chi connectivity index (χ2n) is 6.76. The zero-order valence-electron chi connectivity index (χ0n) is 17.1. The first kappa shape index (κ1) is 20.3. The van der Waals surface area contributed by atoms with Crippen LogP contribution in [0.15, 0.2) is 60.9 Å². The summed E-state index contributed by atoms with van der Waals surface area (Å²) < 4.78 is 0. The van der Waals surface area contributed by atoms with Crippen LogP contribution in [-0.4, -0.2) is 29.0 Å². The van der Waals surface area contributed by atoms with E-state index in [0.717, 1.165) is 29.9 Å². The Kier molecular flexibility index (Phi) is 6.79. The van der Waals surface area contributed by atoms with Crippen LogP contribution < -0.4 is 15.5 Å². The Morgan fingerprint density at radius 3 is 2.31 bits per heavy atom. The monoisotopic (exact) mass is 389 g/mol. The second kappa shape index (κ2) is 9.68. The maximum atomic E-state index is 12.3. The fraction of sp³-hybridized carbons (Fsp3) is 0.261. The minimum Gasteiger partial charge on any atom is -0.372 e. The predicted molar refractivity (Wildman–Crippen MR) is 118 cm³/mol. The van der Waals surface area contributed by atoms with Crippen LogP contribution in [0, 0.1) is 6.92 Å². The molecule has 1 aromatic heterocycles. The van der Waals surface area contributed by atoms with Gasteiger partial charge in [0.15, 0.2) is 0 Å². The van der Waals surface area contributed by atoms with E-state index in [1.807, 2.05) is 36.4 Å². The Hall–Kier alpha value is -3.41. The molecule has 6 nitrogen and oxygen atoms in total. The van der Waals surface area contributed by atoms with Crippen molar-refractivity contribution in [3.05, 3.63) is 77.6 Å². The lowest BCUT2D eigenvalue weighted by molar-refractivity contribution is 0.0950. The van der Waals surface area contributed by atoms with Crippen molar-refractivity contribution < 1.29 is 4.79 Å². The van der Waals surface area contributed by atoms with Gasteiger partial charge in [-0.15, -0.1) is 0 Å². The first-order chi connectivity index (χ1) is 14.1. The molecule has 29 heavy (non-hydrogen) atoms. The van der Waals surface area contributed by atoms with Crippen molar-refractivity contribution in [3.8, 4) is 0 Å². The molecule has 0 saturated heterocycles. The molecule has 6 heteroatoms. The van der Waals surface area contributed by atoms with Gasteiger partial charge < -0.3 is 15.5 Å². The van der Waals surface area contributed by atoms with Gasteiger partial charge in [-0.25, -0.2) is 9.97 Å². The Morgan fingerprint density at radius 2 is 1.69 bits per heavy atom. The highest BCUT2D eigenvalue weighted by atomic mass is 16.1. The number of rotatable bonds is 8. The molecule has 3 rings (SSSR count). The summed E-state index contributed by atoms with van der Waals surface area (Å²) in [6.45, 7) is 8.77. The minimum absolute atomic E-state index is 0.194. The molecule has 0 bridgehead atoms. The molecule has 0 atom stereocenters. The third-order valence-electron chi connectivity index (χ3n) is 4.79. The van der Waals surface area contributed by atoms with Crippen molar-refractivity contribution in [2.45, 2.75) is 27.3 Å². The van der Waals surface area contributed by atoms with E-state index in [9.17, 15) is 4.79 Å². The predicted octanol–water partition coefficient (Wildman–Crippen LogP) is 4.30. The summed E-state index contributed by atoms with van der Waals surface area (Å²) in [4.78, 5) is 23.2. The topological polar surface area (TPSA) is 70.2 Å². The number of hydrogen-bond acceptors (Lipinski definition) is 5. The van der Waals surface area contributed by atoms with E-state index >= 15 is 0 Å². The highest BCUT2D eigenvalue weighted by Gasteiger charge is 2.09. The zero-order chi connectivity index (χ0) is 20.6. The lowest BCUT2D eigenvalue weighted by atomic mass is 10.1. The lowest BCUT2D eigenvalue weighted by Crippen LogP contribution is -2.23. The molecule has 0 aliphatic carbocycles. The molecule has 0 radical (unpaired) electrons. The van der Waals surface area contributed by atoms with Crippen molar-refractivity contribution in [1.82, 2.24) is 15.3 Å². The Labute approximate surface area is 172 Å². The van der Waals surface area contributed by atoms with Gasteiger partial charge in [0.2, 0.25) is 5.95 Å². The van der Waals surface area contributed by atoms with Gasteiger partial charge in [0.05, 0.1) is 5.56 Å². The van der Waals surface area contributed by atoms with Gasteiger partial charge in [-0.05, 0) is 50.1 Å². The zero-order valence-corrected chi connectivity index (χ0v) is 17.1. The summed E-state index contributed by atoms with van der Waals surface area (Å²) in [6.07, 6.45) is 3.07. The average molecular weight is 390 g/mol. The van der Waals surface area contributed by atoms with E-state index in [1.54, 1.807) is 0 Å². The molecule has 2 aromatic carbocycles. The summed E-state index contributed by atoms with van der Waals surface area (Å²) >= 11 is 0. The lowest BCUT2D eigenvalue weighted by Gasteiger charge is -2.22. The summed E-state index contributed by atoms with van der Waals surface area (Å²) in [5.74, 6) is 0.267. The third kappa shape index (κ3) is 5.31. The Morgan fingerprint density at radius 1 is 1.00 bits per heavy atom. The van der Waals surface area contributed by atoms with Gasteiger partial charge >= 0.3 is 0 Å². The molecule has 2 N–H and O–H groups in total. The van der Waals surface area contributed by atoms with Crippen molar-refractivity contribution in [2.24, 2.45) is 0 Å². The van der Waals surface area contributed by atoms with Crippen LogP contribution in [0.3, 0.4) is 0 Å². The van der Waals surface area contributed by atoms with Crippen LogP contribution in [0.1, 0.15) is 35.3 Å². The first-order valence-electron chi connectivity index (χ1n) is 9.87. The molecule has 0 spiro atoms. The van der Waals surface area contributed by atoms with E-state index < -0.39 is 0 Å². The largest absolute Gasteiger partial charge is 0.372 e. The molecular formula is C23H27N5O. The number of hydrogen-bond donors (Lipinski definition) is 2. The van der Waals surface area contributed by atoms with Crippen LogP contribution in [0.2, 0.25) is 0 Å². The van der Waals surface area contributed by atoms with E-state index in [-0.39, 0.29) is 5.91 Å². The molecule has 0 aliphatic heterocycles. The highest BCUT2D eigenvalue weighted by Crippen LogP contribution is 2.24. The number of aryl methyl sites for hydroxylation is 1. The fourth-order valence-electron chi connectivity index (χ4n) is 3.08. The summed E-state index contributed by atoms with van der Waals surface area (Å²) in [5.41, 5.74) is 4.73. The number of nitrogens with zero attached hydrogens (tertiary/aromatic N) is 3. The van der Waals surface area contributed by atoms with Gasteiger partial charge in [-0.2, -0.15) is 0 Å². The molecule has 150 valence electrons. The standard InChI is InChI=1S/C23H27N5O/c1-4-28(5-2)20-11-12-21(17(3)13-20)27-23-25-15-19(16-26-23)22(29)24-14-18-9-7-6-8-10-18/h6-13,15-16H,4-5,14H2,1-3H3,(H,24,29)(H,25,26,27). The fourth-order valence-corrected chi connectivity index (χ4v) is 3.08. The molecule has 0 unspecified atom stereocenters. The number of anilines is 3. The number of amides is 1. The van der Waals surface area contributed by atoms with Crippen LogP contribution in [0.4, 0.5) is 17.3 Å². The number of aromatic nitrogens is 2. The SMILES string of the molecule is CCN(CC)c1ccc(Nc2ncc(C(=O)NCc3ccccc3)cn2)c(C)c1. The summed E-state index contributed by atoms with van der Waals surface area (Å²) in [6, 6.07) is 16.1. The maximum absolute atomic E-state index is 12.3. The molecule has 0 fully saturated rings. The van der Waals surface area contributed by atoms with E-state index in [2.05, 4.69) is 58.4 Å². The van der Waals surface area contributed by atoms with Crippen LogP contribution in [-0.2, 0) is 6.54 Å². The van der Waals surface area contributed by atoms with Gasteiger partial charge in [0, 0.05) is 43.4 Å². The van der Waals surface area contributed by atoms with Crippen LogP contribution >= 0.6 is 0 Å². The number of benzene rings is 2. The normalized spacial score (nSPS) is 10.4. The van der Waals surface area contributed by atoms with Crippen molar-refractivity contribution in [1.29, 1.82) is 0 Å². The molecule has 1 heterocycles. The van der Waals surface area contributed by atoms with Crippen molar-refractivity contribution >= 4 is 23.2 Å². The number of nitrogens with one attached hydrogen (secondary N) is 2. The smallest absolute Gasteiger partial charge is 0.254 e. The summed E-state index contributed by atoms with van der Waals surface area (Å²) in [5, 5.41) is 6.10. The van der Waals surface area contributed by atoms with Crippen molar-refractivity contribution in [3.63, 3.8) is 0 Å². The quantitative estimate of drug-likeness (QED) is 0.601. The number of carbonyl (C=O) groups excluding carboxylic acids is 1. The van der Waals surface area contributed by atoms with Crippen LogP contribution in [0.25, 0.3) is 0 Å². The molecule has 0 saturated carbocycles. The molecule has 3 aromatic rings. The molecular weight excluding hydrogens is 362 g/mol. The van der Waals surface area contributed by atoms with E-state index in [0.29, 0.717) is 18.1 Å². The summed E-state index contributed by atoms with van der Waals surface area (Å²) in [7, 11) is 0. The Bertz CT molecular complexity index is 937. The Balaban J connectivity index is 1.62. The van der Waals surface area contributed by atoms with E-state index in [1.165, 1.54) is 18.1 Å². The van der Waals surface area contributed by atoms with Crippen LogP contribution in [0.5, 0.6) is 0 Å². The molecule has 0 aliphatic rings. The second-order valence-corrected chi connectivity index (χ2v) is 6.76. The minimum atomic E-state index is -0.194. The van der Waals surface area contributed by atoms with Gasteiger partial charge in [0.25, 0.3) is 5.91 Å². The average Bonchev–Trinajstić information content (AvgIpc) is 2.76. The first-order valence-corrected chi connectivity index (χ1v) is 9.87. The third-order valence-corrected chi connectivity index (χ3v) is 4.79. The van der Waals surface area contributed by atoms with Crippen molar-refractivity contribution in [2.75, 3.05) is 23.3 Å². The highest BCUT2D eigenvalue weighted by molar-refractivity contribution is 5.93. The van der Waals surface area contributed by atoms with E-state index in [4.69, 9.17) is 0 Å². The maximum Gasteiger partial charge on any atom is 0.254 e. The number of carbonyl (C=O) groups is 1. The van der Waals surface area contributed by atoms with Gasteiger partial charge in [0.1, 0.15) is 0 Å². The van der Waals surface area contributed by atoms with Gasteiger partial charge in [-0.1, -0.05) is 30.3 Å². The van der Waals surface area contributed by atoms with Gasteiger partial charge in [-0.3, -0.25) is 4.79 Å².